The van der Waals surface area contributed by atoms with E-state index >= 15 is 0 Å². The van der Waals surface area contributed by atoms with Crippen molar-refractivity contribution < 1.29 is 9.90 Å². The van der Waals surface area contributed by atoms with Gasteiger partial charge in [-0.05, 0) is 18.2 Å². The summed E-state index contributed by atoms with van der Waals surface area (Å²) in [5, 5.41) is 17.2. The van der Waals surface area contributed by atoms with Crippen molar-refractivity contribution in [2.45, 2.75) is 0 Å². The second kappa shape index (κ2) is 4.97. The van der Waals surface area contributed by atoms with E-state index in [-0.39, 0.29) is 5.56 Å². The third-order valence-electron chi connectivity index (χ3n) is 2.98. The molecule has 0 saturated carbocycles. The Hall–Kier alpha value is -2.95. The fourth-order valence-electron chi connectivity index (χ4n) is 2.07. The van der Waals surface area contributed by atoms with E-state index in [9.17, 15) is 9.90 Å². The third kappa shape index (κ3) is 2.05. The molecule has 0 unspecified atom stereocenters. The zero-order chi connectivity index (χ0) is 13.9. The minimum absolute atomic E-state index is 0.229. The Morgan fingerprint density at radius 2 is 1.70 bits per heavy atom. The summed E-state index contributed by atoms with van der Waals surface area (Å²) in [5.41, 5.74) is 2.30. The molecule has 0 amide bonds. The number of aromatic carboxylic acids is 1. The quantitative estimate of drug-likeness (QED) is 0.790. The molecule has 3 rings (SSSR count). The Morgan fingerprint density at radius 1 is 1.00 bits per heavy atom. The summed E-state index contributed by atoms with van der Waals surface area (Å²) in [7, 11) is 0. The van der Waals surface area contributed by atoms with Crippen LogP contribution in [0.15, 0.2) is 60.8 Å². The number of carbonyl (C=O) groups is 1. The molecule has 2 aromatic carbocycles. The van der Waals surface area contributed by atoms with Crippen LogP contribution >= 0.6 is 0 Å². The molecule has 0 saturated heterocycles. The van der Waals surface area contributed by atoms with Gasteiger partial charge in [-0.2, -0.15) is 0 Å². The van der Waals surface area contributed by atoms with Crippen LogP contribution in [-0.4, -0.2) is 26.1 Å². The minimum Gasteiger partial charge on any atom is -0.478 e. The van der Waals surface area contributed by atoms with Crippen LogP contribution in [0.25, 0.3) is 16.9 Å². The topological polar surface area (TPSA) is 68.0 Å². The summed E-state index contributed by atoms with van der Waals surface area (Å²) in [5.74, 6) is -0.971. The molecule has 20 heavy (non-hydrogen) atoms. The standard InChI is InChI=1S/C15H11N3O2/c19-15(20)13-9-5-4-8-12(13)14-10-16-17-18(14)11-6-2-1-3-7-11/h1-10H,(H,19,20). The van der Waals surface area contributed by atoms with Gasteiger partial charge in [0.2, 0.25) is 0 Å². The largest absolute Gasteiger partial charge is 0.478 e. The lowest BCUT2D eigenvalue weighted by Gasteiger charge is -2.08. The van der Waals surface area contributed by atoms with E-state index in [0.29, 0.717) is 11.3 Å². The van der Waals surface area contributed by atoms with Gasteiger partial charge in [0, 0.05) is 5.56 Å². The molecule has 0 radical (unpaired) electrons. The number of hydrogen-bond acceptors (Lipinski definition) is 3. The molecule has 0 fully saturated rings. The first kappa shape index (κ1) is 12.1. The lowest BCUT2D eigenvalue weighted by Crippen LogP contribution is -2.04. The number of hydrogen-bond donors (Lipinski definition) is 1. The normalized spacial score (nSPS) is 10.4. The maximum absolute atomic E-state index is 11.3. The van der Waals surface area contributed by atoms with Crippen molar-refractivity contribution in [2.75, 3.05) is 0 Å². The van der Waals surface area contributed by atoms with Crippen LogP contribution in [0.1, 0.15) is 10.4 Å². The zero-order valence-corrected chi connectivity index (χ0v) is 10.5. The third-order valence-corrected chi connectivity index (χ3v) is 2.98. The molecule has 98 valence electrons. The van der Waals surface area contributed by atoms with Crippen LogP contribution in [0.4, 0.5) is 0 Å². The van der Waals surface area contributed by atoms with Crippen LogP contribution in [0, 0.1) is 0 Å². The van der Waals surface area contributed by atoms with Crippen molar-refractivity contribution in [3.8, 4) is 16.9 Å². The number of rotatable bonds is 3. The zero-order valence-electron chi connectivity index (χ0n) is 10.5. The molecule has 0 atom stereocenters. The molecule has 0 spiro atoms. The summed E-state index contributed by atoms with van der Waals surface area (Å²) in [6.07, 6.45) is 1.56. The predicted octanol–water partition coefficient (Wildman–Crippen LogP) is 2.63. The van der Waals surface area contributed by atoms with E-state index in [1.54, 1.807) is 35.1 Å². The van der Waals surface area contributed by atoms with E-state index in [4.69, 9.17) is 0 Å². The van der Waals surface area contributed by atoms with Gasteiger partial charge in [0.25, 0.3) is 0 Å². The SMILES string of the molecule is O=C(O)c1ccccc1-c1cnnn1-c1ccccc1. The van der Waals surface area contributed by atoms with Gasteiger partial charge in [0.1, 0.15) is 0 Å². The Bertz CT molecular complexity index is 751. The molecule has 5 nitrogen and oxygen atoms in total. The van der Waals surface area contributed by atoms with Crippen LogP contribution in [0.2, 0.25) is 0 Å². The lowest BCUT2D eigenvalue weighted by molar-refractivity contribution is 0.0697. The molecule has 0 aliphatic carbocycles. The van der Waals surface area contributed by atoms with E-state index in [1.165, 1.54) is 0 Å². The van der Waals surface area contributed by atoms with Gasteiger partial charge in [-0.1, -0.05) is 41.6 Å². The molecular formula is C15H11N3O2. The summed E-state index contributed by atoms with van der Waals surface area (Å²) in [4.78, 5) is 11.3. The van der Waals surface area contributed by atoms with Gasteiger partial charge < -0.3 is 5.11 Å². The first-order chi connectivity index (χ1) is 9.77. The van der Waals surface area contributed by atoms with Gasteiger partial charge in [-0.25, -0.2) is 9.48 Å². The Balaban J connectivity index is 2.18. The minimum atomic E-state index is -0.971. The maximum atomic E-state index is 11.3. The highest BCUT2D eigenvalue weighted by Crippen LogP contribution is 2.24. The molecule has 5 heteroatoms. The Morgan fingerprint density at radius 3 is 2.45 bits per heavy atom. The van der Waals surface area contributed by atoms with Crippen molar-refractivity contribution in [3.63, 3.8) is 0 Å². The van der Waals surface area contributed by atoms with Crippen molar-refractivity contribution in [1.29, 1.82) is 0 Å². The summed E-state index contributed by atoms with van der Waals surface area (Å²) < 4.78 is 1.63. The molecular weight excluding hydrogens is 254 g/mol. The highest BCUT2D eigenvalue weighted by Gasteiger charge is 2.15. The summed E-state index contributed by atoms with van der Waals surface area (Å²) in [6.45, 7) is 0. The van der Waals surface area contributed by atoms with Crippen molar-refractivity contribution >= 4 is 5.97 Å². The van der Waals surface area contributed by atoms with Gasteiger partial charge in [0.15, 0.2) is 0 Å². The van der Waals surface area contributed by atoms with Crippen LogP contribution < -0.4 is 0 Å². The fourth-order valence-corrected chi connectivity index (χ4v) is 2.07. The van der Waals surface area contributed by atoms with Gasteiger partial charge in [0.05, 0.1) is 23.1 Å². The number of para-hydroxylation sites is 1. The van der Waals surface area contributed by atoms with E-state index in [0.717, 1.165) is 5.69 Å². The second-order valence-corrected chi connectivity index (χ2v) is 4.22. The number of aromatic nitrogens is 3. The maximum Gasteiger partial charge on any atom is 0.336 e. The summed E-state index contributed by atoms with van der Waals surface area (Å²) >= 11 is 0. The number of nitrogens with zero attached hydrogens (tertiary/aromatic N) is 3. The highest BCUT2D eigenvalue weighted by atomic mass is 16.4. The number of carboxylic acids is 1. The van der Waals surface area contributed by atoms with Gasteiger partial charge >= 0.3 is 5.97 Å². The lowest BCUT2D eigenvalue weighted by atomic mass is 10.1. The molecule has 0 bridgehead atoms. The predicted molar refractivity (Wildman–Crippen MR) is 73.8 cm³/mol. The molecule has 0 aliphatic rings. The van der Waals surface area contributed by atoms with E-state index in [1.807, 2.05) is 30.3 Å². The van der Waals surface area contributed by atoms with Crippen molar-refractivity contribution in [2.24, 2.45) is 0 Å². The monoisotopic (exact) mass is 265 g/mol. The first-order valence-corrected chi connectivity index (χ1v) is 6.06. The van der Waals surface area contributed by atoms with Crippen molar-refractivity contribution in [1.82, 2.24) is 15.0 Å². The number of carboxylic acid groups (broad SMARTS) is 1. The molecule has 1 N–H and O–H groups in total. The first-order valence-electron chi connectivity index (χ1n) is 6.06. The van der Waals surface area contributed by atoms with Gasteiger partial charge in [-0.3, -0.25) is 0 Å². The molecule has 0 aliphatic heterocycles. The average Bonchev–Trinajstić information content (AvgIpc) is 2.97. The van der Waals surface area contributed by atoms with E-state index < -0.39 is 5.97 Å². The van der Waals surface area contributed by atoms with Crippen LogP contribution in [0.5, 0.6) is 0 Å². The average molecular weight is 265 g/mol. The van der Waals surface area contributed by atoms with Crippen LogP contribution in [0.3, 0.4) is 0 Å². The van der Waals surface area contributed by atoms with Crippen molar-refractivity contribution in [3.05, 3.63) is 66.4 Å². The smallest absolute Gasteiger partial charge is 0.336 e. The highest BCUT2D eigenvalue weighted by molar-refractivity contribution is 5.95. The van der Waals surface area contributed by atoms with Gasteiger partial charge in [-0.15, -0.1) is 5.10 Å². The fraction of sp³-hybridized carbons (Fsp3) is 0. The molecule has 1 heterocycles. The molecule has 3 aromatic rings. The van der Waals surface area contributed by atoms with E-state index in [2.05, 4.69) is 10.3 Å². The van der Waals surface area contributed by atoms with Crippen LogP contribution in [-0.2, 0) is 0 Å². The Labute approximate surface area is 115 Å². The molecule has 1 aromatic heterocycles. The summed E-state index contributed by atoms with van der Waals surface area (Å²) in [6, 6.07) is 16.3. The second-order valence-electron chi connectivity index (χ2n) is 4.22. The number of benzene rings is 2. The Kier molecular flexibility index (Phi) is 3.01.